The maximum Gasteiger partial charge on any atom is 0.236 e. The van der Waals surface area contributed by atoms with Gasteiger partial charge in [-0.15, -0.1) is 0 Å². The van der Waals surface area contributed by atoms with Gasteiger partial charge in [-0.2, -0.15) is 0 Å². The van der Waals surface area contributed by atoms with Gasteiger partial charge in [0, 0.05) is 32.0 Å². The molecule has 1 unspecified atom stereocenters. The quantitative estimate of drug-likeness (QED) is 0.710. The van der Waals surface area contributed by atoms with Gasteiger partial charge in [-0.3, -0.25) is 14.5 Å². The number of ketones is 1. The van der Waals surface area contributed by atoms with Gasteiger partial charge in [-0.25, -0.2) is 0 Å². The van der Waals surface area contributed by atoms with Gasteiger partial charge in [0.15, 0.2) is 0 Å². The Morgan fingerprint density at radius 1 is 1.32 bits per heavy atom. The molecule has 0 aromatic carbocycles. The Bertz CT molecular complexity index is 295. The summed E-state index contributed by atoms with van der Waals surface area (Å²) in [7, 11) is 0. The van der Waals surface area contributed by atoms with E-state index in [0.29, 0.717) is 38.5 Å². The first-order valence-electron chi connectivity index (χ1n) is 7.62. The molecular weight excluding hydrogens is 240 g/mol. The lowest BCUT2D eigenvalue weighted by Crippen LogP contribution is -2.46. The number of piperidine rings is 1. The molecule has 110 valence electrons. The molecule has 0 saturated carbocycles. The summed E-state index contributed by atoms with van der Waals surface area (Å²) >= 11 is 0. The molecule has 1 rings (SSSR count). The highest BCUT2D eigenvalue weighted by Crippen LogP contribution is 2.10. The fourth-order valence-electron chi connectivity index (χ4n) is 2.35. The van der Waals surface area contributed by atoms with Crippen LogP contribution < -0.4 is 0 Å². The lowest BCUT2D eigenvalue weighted by Gasteiger charge is -2.32. The number of rotatable bonds is 7. The predicted molar refractivity (Wildman–Crippen MR) is 77.1 cm³/mol. The zero-order valence-electron chi connectivity index (χ0n) is 12.7. The number of Topliss-reactive ketones (excluding diaryl/α,β-unsaturated/α-hetero) is 1. The number of hydrogen-bond acceptors (Lipinski definition) is 3. The first kappa shape index (κ1) is 16.2. The molecule has 1 saturated heterocycles. The topological polar surface area (TPSA) is 40.6 Å². The molecule has 0 N–H and O–H groups in total. The van der Waals surface area contributed by atoms with Gasteiger partial charge in [-0.1, -0.05) is 20.3 Å². The fourth-order valence-corrected chi connectivity index (χ4v) is 2.35. The van der Waals surface area contributed by atoms with Crippen molar-refractivity contribution in [1.82, 2.24) is 9.80 Å². The summed E-state index contributed by atoms with van der Waals surface area (Å²) in [6.45, 7) is 9.23. The Balaban J connectivity index is 2.47. The second kappa shape index (κ2) is 8.31. The molecule has 1 fully saturated rings. The minimum Gasteiger partial charge on any atom is -0.341 e. The lowest BCUT2D eigenvalue weighted by atomic mass is 10.1. The molecule has 1 aliphatic rings. The van der Waals surface area contributed by atoms with E-state index in [2.05, 4.69) is 25.7 Å². The first-order valence-corrected chi connectivity index (χ1v) is 7.62. The molecule has 4 nitrogen and oxygen atoms in total. The maximum absolute atomic E-state index is 12.3. The smallest absolute Gasteiger partial charge is 0.236 e. The van der Waals surface area contributed by atoms with E-state index < -0.39 is 0 Å². The van der Waals surface area contributed by atoms with Crippen molar-refractivity contribution < 1.29 is 9.59 Å². The summed E-state index contributed by atoms with van der Waals surface area (Å²) in [4.78, 5) is 27.6. The normalized spacial score (nSPS) is 17.9. The van der Waals surface area contributed by atoms with Crippen LogP contribution in [0.2, 0.25) is 0 Å². The largest absolute Gasteiger partial charge is 0.341 e. The molecule has 0 aliphatic carbocycles. The number of unbranched alkanes of at least 4 members (excludes halogenated alkanes) is 1. The number of hydrogen-bond donors (Lipinski definition) is 0. The van der Waals surface area contributed by atoms with Crippen LogP contribution in [0.25, 0.3) is 0 Å². The molecule has 0 radical (unpaired) electrons. The standard InChI is InChI=1S/C15H28N2O2/c1-4-6-9-17(13(3)5-2)12-15(19)16-10-7-14(18)8-11-16/h13H,4-12H2,1-3H3. The van der Waals surface area contributed by atoms with Crippen LogP contribution in [0.5, 0.6) is 0 Å². The number of carbonyl (C=O) groups excluding carboxylic acids is 2. The summed E-state index contributed by atoms with van der Waals surface area (Å²) in [6, 6.07) is 0.446. The van der Waals surface area contributed by atoms with Crippen molar-refractivity contribution in [3.8, 4) is 0 Å². The van der Waals surface area contributed by atoms with Crippen LogP contribution in [0.15, 0.2) is 0 Å². The molecule has 4 heteroatoms. The van der Waals surface area contributed by atoms with Crippen molar-refractivity contribution >= 4 is 11.7 Å². The Morgan fingerprint density at radius 3 is 2.47 bits per heavy atom. The fraction of sp³-hybridized carbons (Fsp3) is 0.867. The molecular formula is C15H28N2O2. The van der Waals surface area contributed by atoms with Gasteiger partial charge in [0.25, 0.3) is 0 Å². The first-order chi connectivity index (χ1) is 9.08. The van der Waals surface area contributed by atoms with E-state index in [-0.39, 0.29) is 11.7 Å². The number of amides is 1. The Hall–Kier alpha value is -0.900. The van der Waals surface area contributed by atoms with E-state index in [4.69, 9.17) is 0 Å². The molecule has 1 heterocycles. The number of likely N-dealkylation sites (tertiary alicyclic amines) is 1. The predicted octanol–water partition coefficient (Wildman–Crippen LogP) is 2.08. The zero-order valence-corrected chi connectivity index (χ0v) is 12.7. The summed E-state index contributed by atoms with van der Waals surface area (Å²) in [6.07, 6.45) is 4.42. The summed E-state index contributed by atoms with van der Waals surface area (Å²) in [5.74, 6) is 0.470. The van der Waals surface area contributed by atoms with E-state index in [0.717, 1.165) is 25.8 Å². The van der Waals surface area contributed by atoms with Crippen LogP contribution in [-0.4, -0.2) is 53.7 Å². The molecule has 0 aromatic heterocycles. The highest BCUT2D eigenvalue weighted by atomic mass is 16.2. The van der Waals surface area contributed by atoms with Crippen LogP contribution in [0.3, 0.4) is 0 Å². The molecule has 0 aromatic rings. The second-order valence-electron chi connectivity index (χ2n) is 5.50. The molecule has 1 atom stereocenters. The van der Waals surface area contributed by atoms with E-state index in [1.165, 1.54) is 0 Å². The third kappa shape index (κ3) is 5.31. The van der Waals surface area contributed by atoms with Crippen LogP contribution in [0, 0.1) is 0 Å². The van der Waals surface area contributed by atoms with E-state index in [1.54, 1.807) is 0 Å². The minimum absolute atomic E-state index is 0.184. The Labute approximate surface area is 117 Å². The maximum atomic E-state index is 12.3. The van der Waals surface area contributed by atoms with Gasteiger partial charge in [0.1, 0.15) is 5.78 Å². The molecule has 1 aliphatic heterocycles. The molecule has 1 amide bonds. The Kier molecular flexibility index (Phi) is 7.06. The van der Waals surface area contributed by atoms with Crippen molar-refractivity contribution in [1.29, 1.82) is 0 Å². The van der Waals surface area contributed by atoms with Crippen molar-refractivity contribution in [2.24, 2.45) is 0 Å². The highest BCUT2D eigenvalue weighted by molar-refractivity contribution is 5.84. The van der Waals surface area contributed by atoms with Crippen LogP contribution in [0.4, 0.5) is 0 Å². The Morgan fingerprint density at radius 2 is 1.95 bits per heavy atom. The average molecular weight is 268 g/mol. The summed E-state index contributed by atoms with van der Waals surface area (Å²) in [5, 5.41) is 0. The summed E-state index contributed by atoms with van der Waals surface area (Å²) < 4.78 is 0. The molecule has 0 bridgehead atoms. The van der Waals surface area contributed by atoms with Gasteiger partial charge in [0.2, 0.25) is 5.91 Å². The van der Waals surface area contributed by atoms with Crippen LogP contribution >= 0.6 is 0 Å². The van der Waals surface area contributed by atoms with Crippen molar-refractivity contribution in [3.63, 3.8) is 0 Å². The summed E-state index contributed by atoms with van der Waals surface area (Å²) in [5.41, 5.74) is 0. The third-order valence-electron chi connectivity index (χ3n) is 4.03. The van der Waals surface area contributed by atoms with Crippen molar-refractivity contribution in [3.05, 3.63) is 0 Å². The van der Waals surface area contributed by atoms with Crippen molar-refractivity contribution in [2.45, 2.75) is 58.9 Å². The SMILES string of the molecule is CCCCN(CC(=O)N1CCC(=O)CC1)C(C)CC. The number of carbonyl (C=O) groups is 2. The van der Waals surface area contributed by atoms with Gasteiger partial charge in [0.05, 0.1) is 6.54 Å². The average Bonchev–Trinajstić information content (AvgIpc) is 2.43. The van der Waals surface area contributed by atoms with E-state index in [1.807, 2.05) is 4.90 Å². The number of nitrogens with zero attached hydrogens (tertiary/aromatic N) is 2. The van der Waals surface area contributed by atoms with Gasteiger partial charge < -0.3 is 4.90 Å². The van der Waals surface area contributed by atoms with Crippen LogP contribution in [-0.2, 0) is 9.59 Å². The van der Waals surface area contributed by atoms with Gasteiger partial charge >= 0.3 is 0 Å². The molecule has 0 spiro atoms. The van der Waals surface area contributed by atoms with E-state index >= 15 is 0 Å². The lowest BCUT2D eigenvalue weighted by molar-refractivity contribution is -0.136. The highest BCUT2D eigenvalue weighted by Gasteiger charge is 2.23. The van der Waals surface area contributed by atoms with E-state index in [9.17, 15) is 9.59 Å². The van der Waals surface area contributed by atoms with Gasteiger partial charge in [-0.05, 0) is 26.3 Å². The zero-order chi connectivity index (χ0) is 14.3. The van der Waals surface area contributed by atoms with Crippen LogP contribution in [0.1, 0.15) is 52.9 Å². The minimum atomic E-state index is 0.184. The van der Waals surface area contributed by atoms with Crippen molar-refractivity contribution in [2.75, 3.05) is 26.2 Å². The molecule has 19 heavy (non-hydrogen) atoms. The monoisotopic (exact) mass is 268 g/mol. The third-order valence-corrected chi connectivity index (χ3v) is 4.03. The second-order valence-corrected chi connectivity index (χ2v) is 5.50.